The van der Waals surface area contributed by atoms with Gasteiger partial charge in [0.2, 0.25) is 0 Å². The number of nitrogens with one attached hydrogen (secondary N) is 2. The largest absolute Gasteiger partial charge is 0.379 e. The highest BCUT2D eigenvalue weighted by molar-refractivity contribution is 5.79. The molecular weight excluding hydrogens is 240 g/mol. The van der Waals surface area contributed by atoms with E-state index in [0.717, 1.165) is 45.4 Å². The van der Waals surface area contributed by atoms with Gasteiger partial charge in [-0.25, -0.2) is 0 Å². The van der Waals surface area contributed by atoms with Crippen molar-refractivity contribution in [2.75, 3.05) is 46.4 Å². The molecular formula is C14H28N4O. The second kappa shape index (κ2) is 8.93. The van der Waals surface area contributed by atoms with Crippen LogP contribution < -0.4 is 10.6 Å². The number of nitrogens with zero attached hydrogens (tertiary/aromatic N) is 2. The number of morpholine rings is 1. The molecule has 0 radical (unpaired) electrons. The van der Waals surface area contributed by atoms with Crippen LogP contribution in [0.5, 0.6) is 0 Å². The Labute approximate surface area is 117 Å². The first-order valence-electron chi connectivity index (χ1n) is 7.06. The van der Waals surface area contributed by atoms with Crippen LogP contribution in [0.15, 0.2) is 17.6 Å². The molecule has 1 rings (SSSR count). The van der Waals surface area contributed by atoms with E-state index in [2.05, 4.69) is 41.0 Å². The molecule has 1 aliphatic heterocycles. The first kappa shape index (κ1) is 16.0. The van der Waals surface area contributed by atoms with E-state index in [1.54, 1.807) is 7.05 Å². The first-order chi connectivity index (χ1) is 9.19. The van der Waals surface area contributed by atoms with Crippen LogP contribution in [0.4, 0.5) is 0 Å². The molecule has 0 bridgehead atoms. The highest BCUT2D eigenvalue weighted by Crippen LogP contribution is 2.12. The standard InChI is InChI=1S/C14H28N4O/c1-5-6-16-14(15-4)17-11-13(12(2)3)18-7-9-19-10-8-18/h5,12-13H,1,6-11H2,2-4H3,(H2,15,16,17). The van der Waals surface area contributed by atoms with Crippen molar-refractivity contribution >= 4 is 5.96 Å². The monoisotopic (exact) mass is 268 g/mol. The summed E-state index contributed by atoms with van der Waals surface area (Å²) in [6, 6.07) is 0.506. The summed E-state index contributed by atoms with van der Waals surface area (Å²) in [5.41, 5.74) is 0. The summed E-state index contributed by atoms with van der Waals surface area (Å²) in [5, 5.41) is 6.59. The number of hydrogen-bond donors (Lipinski definition) is 2. The zero-order chi connectivity index (χ0) is 14.1. The lowest BCUT2D eigenvalue weighted by Gasteiger charge is -2.37. The minimum Gasteiger partial charge on any atom is -0.379 e. The Morgan fingerprint density at radius 2 is 2.05 bits per heavy atom. The third-order valence-corrected chi connectivity index (χ3v) is 3.40. The Balaban J connectivity index is 2.46. The lowest BCUT2D eigenvalue weighted by atomic mass is 10.0. The second-order valence-electron chi connectivity index (χ2n) is 5.08. The van der Waals surface area contributed by atoms with Gasteiger partial charge in [0.1, 0.15) is 0 Å². The molecule has 0 amide bonds. The SMILES string of the molecule is C=CCNC(=NC)NCC(C(C)C)N1CCOCC1. The smallest absolute Gasteiger partial charge is 0.191 e. The maximum Gasteiger partial charge on any atom is 0.191 e. The zero-order valence-electron chi connectivity index (χ0n) is 12.5. The van der Waals surface area contributed by atoms with Gasteiger partial charge in [0, 0.05) is 39.3 Å². The molecule has 5 nitrogen and oxygen atoms in total. The van der Waals surface area contributed by atoms with Gasteiger partial charge >= 0.3 is 0 Å². The topological polar surface area (TPSA) is 48.9 Å². The van der Waals surface area contributed by atoms with Gasteiger partial charge in [0.15, 0.2) is 5.96 Å². The molecule has 5 heteroatoms. The normalized spacial score (nSPS) is 19.3. The van der Waals surface area contributed by atoms with Crippen molar-refractivity contribution in [2.45, 2.75) is 19.9 Å². The molecule has 0 aromatic carbocycles. The summed E-state index contributed by atoms with van der Waals surface area (Å²) >= 11 is 0. The van der Waals surface area contributed by atoms with E-state index in [1.165, 1.54) is 0 Å². The Morgan fingerprint density at radius 1 is 1.37 bits per heavy atom. The predicted molar refractivity (Wildman–Crippen MR) is 80.6 cm³/mol. The average molecular weight is 268 g/mol. The van der Waals surface area contributed by atoms with Crippen LogP contribution in [0.2, 0.25) is 0 Å². The summed E-state index contributed by atoms with van der Waals surface area (Å²) in [6.07, 6.45) is 1.83. The Kier molecular flexibility index (Phi) is 7.52. The van der Waals surface area contributed by atoms with Crippen molar-refractivity contribution < 1.29 is 4.74 Å². The fourth-order valence-corrected chi connectivity index (χ4v) is 2.29. The van der Waals surface area contributed by atoms with Crippen LogP contribution in [0.25, 0.3) is 0 Å². The molecule has 1 heterocycles. The number of guanidine groups is 1. The minimum atomic E-state index is 0.506. The first-order valence-corrected chi connectivity index (χ1v) is 7.06. The molecule has 2 N–H and O–H groups in total. The van der Waals surface area contributed by atoms with E-state index in [9.17, 15) is 0 Å². The quantitative estimate of drug-likeness (QED) is 0.423. The molecule has 0 aromatic heterocycles. The van der Waals surface area contributed by atoms with E-state index >= 15 is 0 Å². The molecule has 0 spiro atoms. The maximum atomic E-state index is 5.42. The van der Waals surface area contributed by atoms with Crippen LogP contribution in [-0.2, 0) is 4.74 Å². The van der Waals surface area contributed by atoms with Crippen molar-refractivity contribution in [2.24, 2.45) is 10.9 Å². The third-order valence-electron chi connectivity index (χ3n) is 3.40. The van der Waals surface area contributed by atoms with Gasteiger partial charge in [0.05, 0.1) is 13.2 Å². The Morgan fingerprint density at radius 3 is 2.58 bits per heavy atom. The van der Waals surface area contributed by atoms with Gasteiger partial charge in [-0.1, -0.05) is 19.9 Å². The minimum absolute atomic E-state index is 0.506. The van der Waals surface area contributed by atoms with Crippen LogP contribution in [0, 0.1) is 5.92 Å². The molecule has 0 saturated carbocycles. The highest BCUT2D eigenvalue weighted by atomic mass is 16.5. The molecule has 19 heavy (non-hydrogen) atoms. The summed E-state index contributed by atoms with van der Waals surface area (Å²) in [4.78, 5) is 6.71. The van der Waals surface area contributed by atoms with Gasteiger partial charge in [0.25, 0.3) is 0 Å². The molecule has 0 aromatic rings. The summed E-state index contributed by atoms with van der Waals surface area (Å²) in [5.74, 6) is 1.43. The van der Waals surface area contributed by atoms with Crippen LogP contribution in [-0.4, -0.2) is 63.3 Å². The van der Waals surface area contributed by atoms with Crippen molar-refractivity contribution in [3.8, 4) is 0 Å². The number of aliphatic imine (C=N–C) groups is 1. The predicted octanol–water partition coefficient (Wildman–Crippen LogP) is 0.694. The number of rotatable bonds is 6. The van der Waals surface area contributed by atoms with Crippen LogP contribution in [0.3, 0.4) is 0 Å². The molecule has 110 valence electrons. The molecule has 1 unspecified atom stereocenters. The van der Waals surface area contributed by atoms with E-state index in [4.69, 9.17) is 4.74 Å². The molecule has 1 fully saturated rings. The van der Waals surface area contributed by atoms with Crippen molar-refractivity contribution in [1.82, 2.24) is 15.5 Å². The highest BCUT2D eigenvalue weighted by Gasteiger charge is 2.23. The van der Waals surface area contributed by atoms with Crippen molar-refractivity contribution in [3.63, 3.8) is 0 Å². The molecule has 0 aliphatic carbocycles. The molecule has 1 aliphatic rings. The fourth-order valence-electron chi connectivity index (χ4n) is 2.29. The van der Waals surface area contributed by atoms with Crippen LogP contribution in [0.1, 0.15) is 13.8 Å². The lowest BCUT2D eigenvalue weighted by molar-refractivity contribution is 0.00752. The third kappa shape index (κ3) is 5.61. The van der Waals surface area contributed by atoms with E-state index < -0.39 is 0 Å². The molecule has 1 saturated heterocycles. The van der Waals surface area contributed by atoms with Crippen molar-refractivity contribution in [3.05, 3.63) is 12.7 Å². The second-order valence-corrected chi connectivity index (χ2v) is 5.08. The van der Waals surface area contributed by atoms with E-state index in [-0.39, 0.29) is 0 Å². The fraction of sp³-hybridized carbons (Fsp3) is 0.786. The van der Waals surface area contributed by atoms with E-state index in [0.29, 0.717) is 12.0 Å². The van der Waals surface area contributed by atoms with E-state index in [1.807, 2.05) is 6.08 Å². The maximum absolute atomic E-state index is 5.42. The zero-order valence-corrected chi connectivity index (χ0v) is 12.5. The van der Waals surface area contributed by atoms with Gasteiger partial charge in [-0.2, -0.15) is 0 Å². The number of ether oxygens (including phenoxy) is 1. The summed E-state index contributed by atoms with van der Waals surface area (Å²) in [6.45, 7) is 13.6. The van der Waals surface area contributed by atoms with Crippen LogP contribution >= 0.6 is 0 Å². The lowest BCUT2D eigenvalue weighted by Crippen LogP contribution is -2.52. The summed E-state index contributed by atoms with van der Waals surface area (Å²) < 4.78 is 5.42. The van der Waals surface area contributed by atoms with Gasteiger partial charge < -0.3 is 15.4 Å². The summed E-state index contributed by atoms with van der Waals surface area (Å²) in [7, 11) is 1.79. The molecule has 1 atom stereocenters. The van der Waals surface area contributed by atoms with Crippen molar-refractivity contribution in [1.29, 1.82) is 0 Å². The van der Waals surface area contributed by atoms with Gasteiger partial charge in [-0.05, 0) is 5.92 Å². The van der Waals surface area contributed by atoms with Gasteiger partial charge in [-0.3, -0.25) is 9.89 Å². The number of hydrogen-bond acceptors (Lipinski definition) is 3. The average Bonchev–Trinajstić information content (AvgIpc) is 2.43. The Hall–Kier alpha value is -1.07. The van der Waals surface area contributed by atoms with Gasteiger partial charge in [-0.15, -0.1) is 6.58 Å². The Bertz CT molecular complexity index is 285.